The van der Waals surface area contributed by atoms with Gasteiger partial charge < -0.3 is 9.47 Å². The van der Waals surface area contributed by atoms with E-state index in [0.29, 0.717) is 6.61 Å². The van der Waals surface area contributed by atoms with Gasteiger partial charge in [-0.1, -0.05) is 19.1 Å². The van der Waals surface area contributed by atoms with E-state index in [9.17, 15) is 14.9 Å². The van der Waals surface area contributed by atoms with Gasteiger partial charge in [-0.05, 0) is 12.5 Å². The van der Waals surface area contributed by atoms with Crippen LogP contribution in [0, 0.1) is 10.1 Å². The number of nitro groups is 1. The molecule has 0 atom stereocenters. The van der Waals surface area contributed by atoms with Crippen molar-refractivity contribution in [2.45, 2.75) is 19.8 Å². The zero-order chi connectivity index (χ0) is 13.4. The minimum absolute atomic E-state index is 0.0629. The third kappa shape index (κ3) is 4.40. The molecule has 6 nitrogen and oxygen atoms in total. The molecule has 98 valence electrons. The number of ether oxygens (including phenoxy) is 2. The fourth-order valence-corrected chi connectivity index (χ4v) is 1.26. The van der Waals surface area contributed by atoms with Crippen molar-refractivity contribution in [2.24, 2.45) is 0 Å². The van der Waals surface area contributed by atoms with Gasteiger partial charge in [0.1, 0.15) is 0 Å². The van der Waals surface area contributed by atoms with Crippen LogP contribution in [0.4, 0.5) is 5.69 Å². The lowest BCUT2D eigenvalue weighted by molar-refractivity contribution is -0.385. The number of carbonyl (C=O) groups is 1. The number of carbonyl (C=O) groups excluding carboxylic acids is 1. The van der Waals surface area contributed by atoms with E-state index in [-0.39, 0.29) is 30.4 Å². The van der Waals surface area contributed by atoms with Crippen molar-refractivity contribution in [3.63, 3.8) is 0 Å². The van der Waals surface area contributed by atoms with Gasteiger partial charge in [0, 0.05) is 6.07 Å². The highest BCUT2D eigenvalue weighted by atomic mass is 16.6. The molecule has 0 aliphatic rings. The highest BCUT2D eigenvalue weighted by molar-refractivity contribution is 5.69. The summed E-state index contributed by atoms with van der Waals surface area (Å²) in [6.07, 6.45) is 0.836. The number of hydrogen-bond acceptors (Lipinski definition) is 5. The molecule has 0 aliphatic carbocycles. The van der Waals surface area contributed by atoms with Crippen molar-refractivity contribution in [3.05, 3.63) is 34.4 Å². The van der Waals surface area contributed by atoms with Gasteiger partial charge in [-0.25, -0.2) is 0 Å². The SMILES string of the molecule is CCCOC(=O)CCOc1ccccc1[N+](=O)[O-]. The highest BCUT2D eigenvalue weighted by Gasteiger charge is 2.13. The summed E-state index contributed by atoms with van der Waals surface area (Å²) in [6, 6.07) is 6.04. The molecule has 0 spiro atoms. The van der Waals surface area contributed by atoms with Crippen LogP contribution >= 0.6 is 0 Å². The van der Waals surface area contributed by atoms with E-state index in [1.807, 2.05) is 6.92 Å². The molecule has 0 amide bonds. The van der Waals surface area contributed by atoms with Crippen LogP contribution in [0.25, 0.3) is 0 Å². The number of nitro benzene ring substituents is 1. The van der Waals surface area contributed by atoms with E-state index in [0.717, 1.165) is 6.42 Å². The zero-order valence-electron chi connectivity index (χ0n) is 10.1. The van der Waals surface area contributed by atoms with Crippen LogP contribution in [0.5, 0.6) is 5.75 Å². The van der Waals surface area contributed by atoms with Gasteiger partial charge in [0.2, 0.25) is 0 Å². The molecule has 0 saturated heterocycles. The number of nitrogens with zero attached hydrogens (tertiary/aromatic N) is 1. The number of benzene rings is 1. The Morgan fingerprint density at radius 2 is 2.06 bits per heavy atom. The third-order valence-corrected chi connectivity index (χ3v) is 2.09. The average Bonchev–Trinajstić information content (AvgIpc) is 2.36. The fourth-order valence-electron chi connectivity index (χ4n) is 1.26. The Morgan fingerprint density at radius 1 is 1.33 bits per heavy atom. The molecule has 0 saturated carbocycles. The smallest absolute Gasteiger partial charge is 0.310 e. The Morgan fingerprint density at radius 3 is 2.72 bits per heavy atom. The first kappa shape index (κ1) is 14.0. The van der Waals surface area contributed by atoms with Crippen LogP contribution in [-0.4, -0.2) is 24.1 Å². The molecule has 1 aromatic rings. The molecule has 1 rings (SSSR count). The van der Waals surface area contributed by atoms with Gasteiger partial charge in [-0.2, -0.15) is 0 Å². The Hall–Kier alpha value is -2.11. The van der Waals surface area contributed by atoms with Gasteiger partial charge in [0.05, 0.1) is 24.6 Å². The van der Waals surface area contributed by atoms with Crippen LogP contribution in [-0.2, 0) is 9.53 Å². The monoisotopic (exact) mass is 253 g/mol. The van der Waals surface area contributed by atoms with Crippen molar-refractivity contribution in [3.8, 4) is 5.75 Å². The van der Waals surface area contributed by atoms with E-state index in [1.165, 1.54) is 12.1 Å². The largest absolute Gasteiger partial charge is 0.486 e. The van der Waals surface area contributed by atoms with Crippen LogP contribution in [0.1, 0.15) is 19.8 Å². The number of para-hydroxylation sites is 2. The molecular formula is C12H15NO5. The molecule has 0 N–H and O–H groups in total. The molecule has 0 bridgehead atoms. The van der Waals surface area contributed by atoms with Crippen LogP contribution in [0.15, 0.2) is 24.3 Å². The predicted molar refractivity (Wildman–Crippen MR) is 64.5 cm³/mol. The summed E-state index contributed by atoms with van der Waals surface area (Å²) >= 11 is 0. The maximum atomic E-state index is 11.2. The fraction of sp³-hybridized carbons (Fsp3) is 0.417. The summed E-state index contributed by atoms with van der Waals surface area (Å²) in [5.74, 6) is -0.207. The van der Waals surface area contributed by atoms with E-state index >= 15 is 0 Å². The van der Waals surface area contributed by atoms with Gasteiger partial charge in [-0.15, -0.1) is 0 Å². The average molecular weight is 253 g/mol. The number of rotatable bonds is 7. The minimum atomic E-state index is -0.523. The number of esters is 1. The first-order valence-corrected chi connectivity index (χ1v) is 5.67. The van der Waals surface area contributed by atoms with Crippen molar-refractivity contribution < 1.29 is 19.2 Å². The maximum absolute atomic E-state index is 11.2. The Bertz CT molecular complexity index is 419. The van der Waals surface area contributed by atoms with Crippen LogP contribution in [0.3, 0.4) is 0 Å². The summed E-state index contributed by atoms with van der Waals surface area (Å²) in [5, 5.41) is 10.7. The molecule has 0 aromatic heterocycles. The predicted octanol–water partition coefficient (Wildman–Crippen LogP) is 2.32. The molecule has 0 heterocycles. The molecule has 0 fully saturated rings. The number of hydrogen-bond donors (Lipinski definition) is 0. The van der Waals surface area contributed by atoms with E-state index in [4.69, 9.17) is 9.47 Å². The molecule has 0 aliphatic heterocycles. The van der Waals surface area contributed by atoms with Crippen LogP contribution < -0.4 is 4.74 Å². The lowest BCUT2D eigenvalue weighted by Crippen LogP contribution is -2.10. The standard InChI is InChI=1S/C12H15NO5/c1-2-8-18-12(14)7-9-17-11-6-4-3-5-10(11)13(15)16/h3-6H,2,7-9H2,1H3. The van der Waals surface area contributed by atoms with Crippen molar-refractivity contribution >= 4 is 11.7 Å². The normalized spacial score (nSPS) is 9.83. The summed E-state index contributed by atoms with van der Waals surface area (Å²) in [7, 11) is 0. The lowest BCUT2D eigenvalue weighted by atomic mass is 10.3. The Balaban J connectivity index is 2.44. The van der Waals surface area contributed by atoms with Crippen LogP contribution in [0.2, 0.25) is 0 Å². The molecule has 1 aromatic carbocycles. The zero-order valence-corrected chi connectivity index (χ0v) is 10.1. The quantitative estimate of drug-likeness (QED) is 0.423. The topological polar surface area (TPSA) is 78.7 Å². The highest BCUT2D eigenvalue weighted by Crippen LogP contribution is 2.25. The first-order chi connectivity index (χ1) is 8.65. The minimum Gasteiger partial charge on any atom is -0.486 e. The van der Waals surface area contributed by atoms with E-state index in [2.05, 4.69) is 0 Å². The van der Waals surface area contributed by atoms with E-state index in [1.54, 1.807) is 12.1 Å². The van der Waals surface area contributed by atoms with Crippen molar-refractivity contribution in [1.29, 1.82) is 0 Å². The lowest BCUT2D eigenvalue weighted by Gasteiger charge is -2.06. The summed E-state index contributed by atoms with van der Waals surface area (Å²) in [5.41, 5.74) is -0.112. The van der Waals surface area contributed by atoms with Gasteiger partial charge in [0.25, 0.3) is 0 Å². The summed E-state index contributed by atoms with van der Waals surface area (Å²) < 4.78 is 10.1. The Labute approximate surface area is 105 Å². The molecule has 18 heavy (non-hydrogen) atoms. The third-order valence-electron chi connectivity index (χ3n) is 2.09. The molecule has 6 heteroatoms. The van der Waals surface area contributed by atoms with E-state index < -0.39 is 4.92 Å². The second kappa shape index (κ2) is 7.26. The summed E-state index contributed by atoms with van der Waals surface area (Å²) in [6.45, 7) is 2.34. The second-order valence-electron chi connectivity index (χ2n) is 3.54. The van der Waals surface area contributed by atoms with Gasteiger partial charge in [0.15, 0.2) is 5.75 Å². The van der Waals surface area contributed by atoms with Gasteiger partial charge >= 0.3 is 11.7 Å². The molecule has 0 unspecified atom stereocenters. The first-order valence-electron chi connectivity index (χ1n) is 5.67. The maximum Gasteiger partial charge on any atom is 0.310 e. The van der Waals surface area contributed by atoms with Crippen molar-refractivity contribution in [1.82, 2.24) is 0 Å². The Kier molecular flexibility index (Phi) is 5.63. The van der Waals surface area contributed by atoms with Crippen molar-refractivity contribution in [2.75, 3.05) is 13.2 Å². The molecule has 0 radical (unpaired) electrons. The van der Waals surface area contributed by atoms with Gasteiger partial charge in [-0.3, -0.25) is 14.9 Å². The second-order valence-corrected chi connectivity index (χ2v) is 3.54. The molecular weight excluding hydrogens is 238 g/mol. The summed E-state index contributed by atoms with van der Waals surface area (Å²) in [4.78, 5) is 21.3.